The maximum absolute atomic E-state index is 11.0. The Morgan fingerprint density at radius 1 is 1.53 bits per heavy atom. The zero-order valence-corrected chi connectivity index (χ0v) is 11.4. The van der Waals surface area contributed by atoms with Gasteiger partial charge in [-0.1, -0.05) is 28.9 Å². The summed E-state index contributed by atoms with van der Waals surface area (Å²) in [4.78, 5) is 11.0. The molecule has 19 heavy (non-hydrogen) atoms. The Bertz CT molecular complexity index is 477. The third kappa shape index (κ3) is 4.76. The number of oxime groups is 1. The van der Waals surface area contributed by atoms with Gasteiger partial charge in [-0.05, 0) is 11.6 Å². The van der Waals surface area contributed by atoms with Crippen LogP contribution in [0.1, 0.15) is 17.5 Å². The van der Waals surface area contributed by atoms with Crippen LogP contribution in [0.15, 0.2) is 23.4 Å². The third-order valence-corrected chi connectivity index (χ3v) is 2.93. The lowest BCUT2D eigenvalue weighted by Gasteiger charge is -2.08. The van der Waals surface area contributed by atoms with Gasteiger partial charge in [-0.2, -0.15) is 0 Å². The molecule has 7 heteroatoms. The second kappa shape index (κ2) is 7.60. The summed E-state index contributed by atoms with van der Waals surface area (Å²) in [6.45, 7) is 1.12. The number of rotatable bonds is 6. The monoisotopic (exact) mass is 284 g/mol. The predicted octanol–water partition coefficient (Wildman–Crippen LogP) is 0.660. The van der Waals surface area contributed by atoms with Gasteiger partial charge in [-0.25, -0.2) is 0 Å². The van der Waals surface area contributed by atoms with E-state index in [9.17, 15) is 4.79 Å². The number of nitrogens with zero attached hydrogens (tertiary/aromatic N) is 1. The molecule has 6 nitrogen and oxygen atoms in total. The number of nitrogens with two attached hydrogens (primary N) is 1. The second-order valence-electron chi connectivity index (χ2n) is 3.89. The van der Waals surface area contributed by atoms with Crippen LogP contribution in [-0.4, -0.2) is 30.5 Å². The van der Waals surface area contributed by atoms with E-state index in [4.69, 9.17) is 22.5 Å². The van der Waals surface area contributed by atoms with Gasteiger partial charge in [0.05, 0.1) is 0 Å². The molecule has 1 rings (SSSR count). The van der Waals surface area contributed by atoms with Crippen LogP contribution in [0.4, 0.5) is 0 Å². The number of nitrogens with one attached hydrogen (secondary N) is 2. The van der Waals surface area contributed by atoms with Crippen molar-refractivity contribution in [2.75, 3.05) is 13.6 Å². The van der Waals surface area contributed by atoms with Crippen LogP contribution < -0.4 is 16.4 Å². The van der Waals surface area contributed by atoms with Crippen molar-refractivity contribution in [3.05, 3.63) is 34.3 Å². The van der Waals surface area contributed by atoms with Gasteiger partial charge in [-0.15, -0.1) is 0 Å². The Hall–Kier alpha value is -1.79. The highest BCUT2D eigenvalue weighted by Crippen LogP contribution is 2.17. The average molecular weight is 285 g/mol. The van der Waals surface area contributed by atoms with Crippen molar-refractivity contribution in [2.24, 2.45) is 10.9 Å². The molecule has 1 amide bonds. The maximum Gasteiger partial charge on any atom is 0.221 e. The SMILES string of the molecule is CNC(=O)CCNCc1ccc(/C(N)=N/O)cc1Cl. The summed E-state index contributed by atoms with van der Waals surface area (Å²) in [6, 6.07) is 5.14. The largest absolute Gasteiger partial charge is 0.409 e. The van der Waals surface area contributed by atoms with E-state index >= 15 is 0 Å². The minimum absolute atomic E-state index is 0.0131. The molecule has 0 aromatic heterocycles. The number of halogens is 1. The van der Waals surface area contributed by atoms with Crippen molar-refractivity contribution in [3.63, 3.8) is 0 Å². The number of carbonyl (C=O) groups excluding carboxylic acids is 1. The molecule has 1 aromatic carbocycles. The van der Waals surface area contributed by atoms with Crippen molar-refractivity contribution in [2.45, 2.75) is 13.0 Å². The number of benzene rings is 1. The summed E-state index contributed by atoms with van der Waals surface area (Å²) >= 11 is 6.09. The molecule has 0 saturated heterocycles. The molecule has 0 aliphatic rings. The number of carbonyl (C=O) groups is 1. The quantitative estimate of drug-likeness (QED) is 0.203. The molecule has 1 aromatic rings. The lowest BCUT2D eigenvalue weighted by Crippen LogP contribution is -2.24. The Kier molecular flexibility index (Phi) is 6.11. The summed E-state index contributed by atoms with van der Waals surface area (Å²) in [5.74, 6) is 0.00176. The van der Waals surface area contributed by atoms with Gasteiger partial charge in [-0.3, -0.25) is 4.79 Å². The molecule has 0 fully saturated rings. The highest BCUT2D eigenvalue weighted by atomic mass is 35.5. The van der Waals surface area contributed by atoms with Crippen LogP contribution >= 0.6 is 11.6 Å². The van der Waals surface area contributed by atoms with E-state index in [1.165, 1.54) is 0 Å². The molecule has 0 aliphatic heterocycles. The molecular formula is C12H17ClN4O2. The lowest BCUT2D eigenvalue weighted by molar-refractivity contribution is -0.120. The van der Waals surface area contributed by atoms with Crippen molar-refractivity contribution < 1.29 is 10.0 Å². The standard InChI is InChI=1S/C12H17ClN4O2/c1-15-11(18)4-5-16-7-9-3-2-8(6-10(9)13)12(14)17-19/h2-3,6,16,19H,4-5,7H2,1H3,(H2,14,17)(H,15,18). The van der Waals surface area contributed by atoms with Crippen molar-refractivity contribution in [3.8, 4) is 0 Å². The first-order valence-electron chi connectivity index (χ1n) is 5.76. The third-order valence-electron chi connectivity index (χ3n) is 2.58. The molecule has 0 bridgehead atoms. The van der Waals surface area contributed by atoms with Crippen molar-refractivity contribution >= 4 is 23.3 Å². The Labute approximate surface area is 116 Å². The highest BCUT2D eigenvalue weighted by molar-refractivity contribution is 6.31. The van der Waals surface area contributed by atoms with Gasteiger partial charge in [0.25, 0.3) is 0 Å². The van der Waals surface area contributed by atoms with E-state index in [0.717, 1.165) is 5.56 Å². The Morgan fingerprint density at radius 2 is 2.26 bits per heavy atom. The van der Waals surface area contributed by atoms with Gasteiger partial charge >= 0.3 is 0 Å². The van der Waals surface area contributed by atoms with Crippen LogP contribution in [0.5, 0.6) is 0 Å². The number of amidine groups is 1. The van der Waals surface area contributed by atoms with E-state index < -0.39 is 0 Å². The summed E-state index contributed by atoms with van der Waals surface area (Å²) in [5.41, 5.74) is 6.90. The van der Waals surface area contributed by atoms with E-state index in [0.29, 0.717) is 30.1 Å². The van der Waals surface area contributed by atoms with Crippen molar-refractivity contribution in [1.29, 1.82) is 0 Å². The first-order valence-corrected chi connectivity index (χ1v) is 6.14. The zero-order chi connectivity index (χ0) is 14.3. The van der Waals surface area contributed by atoms with Crippen LogP contribution in [0.3, 0.4) is 0 Å². The number of hydrogen-bond acceptors (Lipinski definition) is 4. The van der Waals surface area contributed by atoms with Crippen LogP contribution in [0.2, 0.25) is 5.02 Å². The topological polar surface area (TPSA) is 99.7 Å². The number of hydrogen-bond donors (Lipinski definition) is 4. The van der Waals surface area contributed by atoms with Gasteiger partial charge in [0.1, 0.15) is 0 Å². The van der Waals surface area contributed by atoms with Gasteiger partial charge in [0.15, 0.2) is 5.84 Å². The normalized spacial score (nSPS) is 11.4. The summed E-state index contributed by atoms with van der Waals surface area (Å²) in [7, 11) is 1.60. The fraction of sp³-hybridized carbons (Fsp3) is 0.333. The first kappa shape index (κ1) is 15.3. The molecule has 0 unspecified atom stereocenters. The molecule has 0 saturated carbocycles. The molecular weight excluding hydrogens is 268 g/mol. The van der Waals surface area contributed by atoms with Crippen molar-refractivity contribution in [1.82, 2.24) is 10.6 Å². The summed E-state index contributed by atoms with van der Waals surface area (Å²) < 4.78 is 0. The first-order chi connectivity index (χ1) is 9.08. The fourth-order valence-electron chi connectivity index (χ4n) is 1.46. The van der Waals surface area contributed by atoms with Crippen LogP contribution in [0, 0.1) is 0 Å². The van der Waals surface area contributed by atoms with E-state index in [-0.39, 0.29) is 11.7 Å². The maximum atomic E-state index is 11.0. The zero-order valence-electron chi connectivity index (χ0n) is 10.6. The van der Waals surface area contributed by atoms with Crippen LogP contribution in [0.25, 0.3) is 0 Å². The van der Waals surface area contributed by atoms with Crippen LogP contribution in [-0.2, 0) is 11.3 Å². The summed E-state index contributed by atoms with van der Waals surface area (Å²) in [5, 5.41) is 17.7. The minimum Gasteiger partial charge on any atom is -0.409 e. The average Bonchev–Trinajstić information content (AvgIpc) is 2.43. The molecule has 0 aliphatic carbocycles. The minimum atomic E-state index is -0.0131. The van der Waals surface area contributed by atoms with E-state index in [1.54, 1.807) is 25.2 Å². The fourth-order valence-corrected chi connectivity index (χ4v) is 1.71. The second-order valence-corrected chi connectivity index (χ2v) is 4.30. The molecule has 0 spiro atoms. The van der Waals surface area contributed by atoms with Gasteiger partial charge < -0.3 is 21.6 Å². The molecule has 0 heterocycles. The van der Waals surface area contributed by atoms with Gasteiger partial charge in [0, 0.05) is 37.1 Å². The Morgan fingerprint density at radius 3 is 2.84 bits per heavy atom. The summed E-state index contributed by atoms with van der Waals surface area (Å²) in [6.07, 6.45) is 0.413. The smallest absolute Gasteiger partial charge is 0.221 e. The van der Waals surface area contributed by atoms with Gasteiger partial charge in [0.2, 0.25) is 5.91 Å². The number of amides is 1. The highest BCUT2D eigenvalue weighted by Gasteiger charge is 2.05. The lowest BCUT2D eigenvalue weighted by atomic mass is 10.1. The van der Waals surface area contributed by atoms with E-state index in [1.807, 2.05) is 0 Å². The Balaban J connectivity index is 2.54. The molecule has 0 radical (unpaired) electrons. The molecule has 104 valence electrons. The van der Waals surface area contributed by atoms with E-state index in [2.05, 4.69) is 15.8 Å². The molecule has 5 N–H and O–H groups in total. The molecule has 0 atom stereocenters. The predicted molar refractivity (Wildman–Crippen MR) is 74.4 cm³/mol.